The molecule has 19 heavy (non-hydrogen) atoms. The number of nitrogens with zero attached hydrogens (tertiary/aromatic N) is 3. The van der Waals surface area contributed by atoms with Gasteiger partial charge < -0.3 is 5.32 Å². The highest BCUT2D eigenvalue weighted by molar-refractivity contribution is 5.67. The number of anilines is 3. The van der Waals surface area contributed by atoms with Gasteiger partial charge in [-0.25, -0.2) is 15.2 Å². The predicted molar refractivity (Wildman–Crippen MR) is 69.0 cm³/mol. The Kier molecular flexibility index (Phi) is 3.54. The average molecular weight is 258 g/mol. The van der Waals surface area contributed by atoms with Crippen LogP contribution >= 0.6 is 0 Å². The molecule has 4 N–H and O–H groups in total. The van der Waals surface area contributed by atoms with Crippen LogP contribution in [-0.2, 0) is 0 Å². The fraction of sp³-hybridized carbons (Fsp3) is 0.0833. The van der Waals surface area contributed by atoms with Crippen molar-refractivity contribution in [1.82, 2.24) is 9.97 Å². The third-order valence-electron chi connectivity index (χ3n) is 2.51. The Bertz CT molecular complexity index is 649. The van der Waals surface area contributed by atoms with Crippen LogP contribution in [0, 0.1) is 24.1 Å². The van der Waals surface area contributed by atoms with Crippen molar-refractivity contribution in [2.45, 2.75) is 6.92 Å². The predicted octanol–water partition coefficient (Wildman–Crippen LogP) is 1.82. The number of aromatic nitrogens is 2. The van der Waals surface area contributed by atoms with Crippen molar-refractivity contribution < 1.29 is 4.39 Å². The van der Waals surface area contributed by atoms with Gasteiger partial charge in [0, 0.05) is 0 Å². The summed E-state index contributed by atoms with van der Waals surface area (Å²) in [5.74, 6) is 4.56. The van der Waals surface area contributed by atoms with Gasteiger partial charge in [-0.15, -0.1) is 0 Å². The molecule has 0 saturated carbocycles. The monoisotopic (exact) mass is 258 g/mol. The number of nitrogens with two attached hydrogens (primary N) is 1. The summed E-state index contributed by atoms with van der Waals surface area (Å²) in [6.07, 6.45) is 0.992. The number of halogens is 1. The number of nitrogens with one attached hydrogen (secondary N) is 2. The second-order valence-electron chi connectivity index (χ2n) is 3.77. The summed E-state index contributed by atoms with van der Waals surface area (Å²) in [4.78, 5) is 7.48. The van der Waals surface area contributed by atoms with Crippen LogP contribution in [-0.4, -0.2) is 9.97 Å². The first kappa shape index (κ1) is 12.7. The van der Waals surface area contributed by atoms with Crippen molar-refractivity contribution in [3.8, 4) is 6.07 Å². The van der Waals surface area contributed by atoms with Crippen LogP contribution < -0.4 is 16.6 Å². The largest absolute Gasteiger partial charge is 0.337 e. The zero-order valence-corrected chi connectivity index (χ0v) is 10.1. The molecule has 0 amide bonds. The number of rotatable bonds is 3. The number of nitrogen functional groups attached to an aromatic ring is 1. The zero-order valence-electron chi connectivity index (χ0n) is 10.1. The van der Waals surface area contributed by atoms with E-state index >= 15 is 0 Å². The Labute approximate surface area is 109 Å². The van der Waals surface area contributed by atoms with Crippen LogP contribution in [0.2, 0.25) is 0 Å². The van der Waals surface area contributed by atoms with Gasteiger partial charge in [-0.2, -0.15) is 10.2 Å². The van der Waals surface area contributed by atoms with Gasteiger partial charge in [0.15, 0.2) is 11.6 Å². The Hall–Kier alpha value is -2.72. The van der Waals surface area contributed by atoms with Gasteiger partial charge in [0.25, 0.3) is 0 Å². The zero-order chi connectivity index (χ0) is 13.8. The molecule has 2 aromatic rings. The Balaban J connectivity index is 2.42. The molecule has 0 aliphatic heterocycles. The number of benzene rings is 1. The van der Waals surface area contributed by atoms with E-state index in [4.69, 9.17) is 11.1 Å². The fourth-order valence-corrected chi connectivity index (χ4v) is 1.57. The highest BCUT2D eigenvalue weighted by Crippen LogP contribution is 2.23. The molecule has 0 aliphatic rings. The lowest BCUT2D eigenvalue weighted by Crippen LogP contribution is -2.12. The van der Waals surface area contributed by atoms with Gasteiger partial charge in [0.1, 0.15) is 6.07 Å². The molecule has 1 aromatic heterocycles. The third kappa shape index (κ3) is 2.59. The Morgan fingerprint density at radius 2 is 2.21 bits per heavy atom. The topological polar surface area (TPSA) is 99.7 Å². The van der Waals surface area contributed by atoms with Gasteiger partial charge in [0.05, 0.1) is 17.4 Å². The second-order valence-corrected chi connectivity index (χ2v) is 3.77. The molecule has 0 saturated heterocycles. The lowest BCUT2D eigenvalue weighted by atomic mass is 10.1. The lowest BCUT2D eigenvalue weighted by molar-refractivity contribution is 0.619. The first-order chi connectivity index (χ1) is 9.15. The molecule has 1 heterocycles. The summed E-state index contributed by atoms with van der Waals surface area (Å²) in [6, 6.07) is 7.29. The van der Waals surface area contributed by atoms with Crippen molar-refractivity contribution in [3.63, 3.8) is 0 Å². The van der Waals surface area contributed by atoms with Crippen molar-refractivity contribution >= 4 is 17.5 Å². The lowest BCUT2D eigenvalue weighted by Gasteiger charge is -2.10. The Morgan fingerprint density at radius 3 is 2.89 bits per heavy atom. The van der Waals surface area contributed by atoms with Gasteiger partial charge in [0.2, 0.25) is 5.95 Å². The van der Waals surface area contributed by atoms with Crippen molar-refractivity contribution in [2.24, 2.45) is 5.84 Å². The standard InChI is InChI=1S/C12H11FN6/c1-7-3-2-4-10(8(7)5-14)17-11-9(13)6-16-12(18-11)19-15/h2-4,6H,15H2,1H3,(H2,16,17,18,19). The molecule has 0 aliphatic carbocycles. The van der Waals surface area contributed by atoms with Crippen LogP contribution in [0.25, 0.3) is 0 Å². The van der Waals surface area contributed by atoms with E-state index in [-0.39, 0.29) is 11.8 Å². The summed E-state index contributed by atoms with van der Waals surface area (Å²) in [7, 11) is 0. The van der Waals surface area contributed by atoms with Crippen molar-refractivity contribution in [2.75, 3.05) is 10.7 Å². The molecule has 1 aromatic carbocycles. The SMILES string of the molecule is Cc1cccc(Nc2nc(NN)ncc2F)c1C#N. The summed E-state index contributed by atoms with van der Waals surface area (Å²) < 4.78 is 13.6. The molecule has 2 rings (SSSR count). The van der Waals surface area contributed by atoms with Gasteiger partial charge >= 0.3 is 0 Å². The number of nitriles is 1. The number of hydrogen-bond acceptors (Lipinski definition) is 6. The van der Waals surface area contributed by atoms with E-state index in [0.29, 0.717) is 11.3 Å². The first-order valence-corrected chi connectivity index (χ1v) is 5.41. The molecule has 96 valence electrons. The summed E-state index contributed by atoms with van der Waals surface area (Å²) in [5.41, 5.74) is 3.93. The third-order valence-corrected chi connectivity index (χ3v) is 2.51. The molecule has 7 heteroatoms. The van der Waals surface area contributed by atoms with E-state index < -0.39 is 5.82 Å². The quantitative estimate of drug-likeness (QED) is 0.573. The Morgan fingerprint density at radius 1 is 1.42 bits per heavy atom. The molecule has 0 spiro atoms. The minimum absolute atomic E-state index is 0.0509. The van der Waals surface area contributed by atoms with E-state index in [1.807, 2.05) is 0 Å². The summed E-state index contributed by atoms with van der Waals surface area (Å²) in [5, 5.41) is 11.9. The number of hydrazine groups is 1. The van der Waals surface area contributed by atoms with Crippen LogP contribution in [0.15, 0.2) is 24.4 Å². The van der Waals surface area contributed by atoms with Crippen LogP contribution in [0.5, 0.6) is 0 Å². The smallest absolute Gasteiger partial charge is 0.239 e. The molecular formula is C12H11FN6. The normalized spacial score (nSPS) is 9.79. The fourth-order valence-electron chi connectivity index (χ4n) is 1.57. The minimum Gasteiger partial charge on any atom is -0.337 e. The summed E-state index contributed by atoms with van der Waals surface area (Å²) in [6.45, 7) is 1.80. The van der Waals surface area contributed by atoms with Crippen molar-refractivity contribution in [1.29, 1.82) is 5.26 Å². The molecule has 0 atom stereocenters. The molecule has 0 unspecified atom stereocenters. The van der Waals surface area contributed by atoms with E-state index in [0.717, 1.165) is 11.8 Å². The van der Waals surface area contributed by atoms with Gasteiger partial charge in [-0.1, -0.05) is 12.1 Å². The molecule has 0 bridgehead atoms. The molecule has 0 fully saturated rings. The van der Waals surface area contributed by atoms with E-state index in [9.17, 15) is 4.39 Å². The maximum Gasteiger partial charge on any atom is 0.239 e. The average Bonchev–Trinajstić information content (AvgIpc) is 2.41. The van der Waals surface area contributed by atoms with Gasteiger partial charge in [-0.05, 0) is 18.6 Å². The molecular weight excluding hydrogens is 247 g/mol. The second kappa shape index (κ2) is 5.29. The first-order valence-electron chi connectivity index (χ1n) is 5.41. The highest BCUT2D eigenvalue weighted by Gasteiger charge is 2.10. The molecule has 6 nitrogen and oxygen atoms in total. The van der Waals surface area contributed by atoms with Crippen LogP contribution in [0.4, 0.5) is 21.8 Å². The van der Waals surface area contributed by atoms with Crippen LogP contribution in [0.1, 0.15) is 11.1 Å². The molecule has 0 radical (unpaired) electrons. The van der Waals surface area contributed by atoms with Crippen LogP contribution in [0.3, 0.4) is 0 Å². The highest BCUT2D eigenvalue weighted by atomic mass is 19.1. The minimum atomic E-state index is -0.635. The van der Waals surface area contributed by atoms with E-state index in [1.165, 1.54) is 0 Å². The van der Waals surface area contributed by atoms with E-state index in [2.05, 4.69) is 26.8 Å². The van der Waals surface area contributed by atoms with E-state index in [1.54, 1.807) is 25.1 Å². The number of hydrogen-bond donors (Lipinski definition) is 3. The maximum atomic E-state index is 13.6. The van der Waals surface area contributed by atoms with Gasteiger partial charge in [-0.3, -0.25) is 5.43 Å². The maximum absolute atomic E-state index is 13.6. The number of aryl methyl sites for hydroxylation is 1. The summed E-state index contributed by atoms with van der Waals surface area (Å²) >= 11 is 0. The van der Waals surface area contributed by atoms with Crippen molar-refractivity contribution in [3.05, 3.63) is 41.3 Å².